The third kappa shape index (κ3) is 1.93. The molecule has 0 unspecified atom stereocenters. The summed E-state index contributed by atoms with van der Waals surface area (Å²) >= 11 is 0. The molecule has 0 spiro atoms. The zero-order chi connectivity index (χ0) is 14.6. The number of rotatable bonds is 3. The number of aromatic nitrogens is 2. The lowest BCUT2D eigenvalue weighted by atomic mass is 10.1. The van der Waals surface area contributed by atoms with Crippen LogP contribution in [0.4, 0.5) is 11.5 Å². The Morgan fingerprint density at radius 1 is 1.33 bits per heavy atom. The fraction of sp³-hybridized carbons (Fsp3) is 0.471. The molecule has 2 N–H and O–H groups in total. The zero-order valence-corrected chi connectivity index (χ0v) is 12.8. The van der Waals surface area contributed by atoms with Crippen molar-refractivity contribution in [3.05, 3.63) is 29.6 Å². The van der Waals surface area contributed by atoms with Gasteiger partial charge in [-0.2, -0.15) is 0 Å². The Kier molecular flexibility index (Phi) is 2.74. The lowest BCUT2D eigenvalue weighted by Gasteiger charge is -2.12. The minimum absolute atomic E-state index is 0.585. The van der Waals surface area contributed by atoms with E-state index >= 15 is 0 Å². The molecule has 4 nitrogen and oxygen atoms in total. The second kappa shape index (κ2) is 4.52. The second-order valence-electron chi connectivity index (χ2n) is 6.23. The Hall–Kier alpha value is -1.97. The summed E-state index contributed by atoms with van der Waals surface area (Å²) in [5.74, 6) is 1.98. The van der Waals surface area contributed by atoms with Gasteiger partial charge in [-0.1, -0.05) is 13.0 Å². The lowest BCUT2D eigenvalue weighted by Crippen LogP contribution is -2.12. The predicted molar refractivity (Wildman–Crippen MR) is 86.7 cm³/mol. The van der Waals surface area contributed by atoms with Crippen molar-refractivity contribution in [2.75, 3.05) is 24.2 Å². The minimum atomic E-state index is 0.585. The van der Waals surface area contributed by atoms with Crippen molar-refractivity contribution in [1.29, 1.82) is 0 Å². The summed E-state index contributed by atoms with van der Waals surface area (Å²) in [5.41, 5.74) is 11.3. The standard InChI is InChI=1S/C17H22N4/c1-3-15-19-16(17(18)21(15)13-5-6-13)12-4-7-14-11(10-12)8-9-20(14)2/h4,7,10,13H,3,5-6,8-9,18H2,1-2H3. The lowest BCUT2D eigenvalue weighted by molar-refractivity contribution is 0.696. The van der Waals surface area contributed by atoms with E-state index in [2.05, 4.69) is 41.6 Å². The van der Waals surface area contributed by atoms with E-state index < -0.39 is 0 Å². The van der Waals surface area contributed by atoms with Crippen LogP contribution in [-0.2, 0) is 12.8 Å². The number of nitrogens with two attached hydrogens (primary N) is 1. The molecule has 110 valence electrons. The van der Waals surface area contributed by atoms with Crippen molar-refractivity contribution in [3.63, 3.8) is 0 Å². The van der Waals surface area contributed by atoms with Crippen LogP contribution in [0.1, 0.15) is 37.2 Å². The molecule has 0 atom stereocenters. The maximum atomic E-state index is 6.42. The molecule has 2 heterocycles. The molecule has 1 aliphatic heterocycles. The Labute approximate surface area is 125 Å². The molecule has 1 aliphatic carbocycles. The fourth-order valence-electron chi connectivity index (χ4n) is 3.41. The molecular weight excluding hydrogens is 260 g/mol. The van der Waals surface area contributed by atoms with Crippen LogP contribution in [0.15, 0.2) is 18.2 Å². The van der Waals surface area contributed by atoms with Crippen LogP contribution in [0.3, 0.4) is 0 Å². The molecular formula is C17H22N4. The van der Waals surface area contributed by atoms with Crippen LogP contribution in [0.25, 0.3) is 11.3 Å². The highest BCUT2D eigenvalue weighted by Crippen LogP contribution is 2.41. The van der Waals surface area contributed by atoms with Gasteiger partial charge < -0.3 is 15.2 Å². The molecule has 0 saturated heterocycles. The van der Waals surface area contributed by atoms with Crippen LogP contribution in [-0.4, -0.2) is 23.1 Å². The molecule has 21 heavy (non-hydrogen) atoms. The van der Waals surface area contributed by atoms with Crippen molar-refractivity contribution < 1.29 is 0 Å². The van der Waals surface area contributed by atoms with Gasteiger partial charge in [0.1, 0.15) is 17.3 Å². The maximum absolute atomic E-state index is 6.42. The molecule has 0 bridgehead atoms. The van der Waals surface area contributed by atoms with Crippen molar-refractivity contribution in [1.82, 2.24) is 9.55 Å². The van der Waals surface area contributed by atoms with Gasteiger partial charge in [-0.15, -0.1) is 0 Å². The highest BCUT2D eigenvalue weighted by molar-refractivity contribution is 5.75. The van der Waals surface area contributed by atoms with Gasteiger partial charge in [-0.05, 0) is 37.0 Å². The summed E-state index contributed by atoms with van der Waals surface area (Å²) in [5, 5.41) is 0. The first-order valence-electron chi connectivity index (χ1n) is 7.90. The van der Waals surface area contributed by atoms with E-state index in [-0.39, 0.29) is 0 Å². The van der Waals surface area contributed by atoms with E-state index in [1.54, 1.807) is 0 Å². The number of imidazole rings is 1. The number of likely N-dealkylation sites (N-methyl/N-ethyl adjacent to an activating group) is 1. The van der Waals surface area contributed by atoms with E-state index in [1.165, 1.54) is 24.1 Å². The smallest absolute Gasteiger partial charge is 0.131 e. The van der Waals surface area contributed by atoms with Gasteiger partial charge in [0, 0.05) is 37.3 Å². The van der Waals surface area contributed by atoms with Gasteiger partial charge in [-0.25, -0.2) is 4.98 Å². The fourth-order valence-corrected chi connectivity index (χ4v) is 3.41. The molecule has 4 heteroatoms. The second-order valence-corrected chi connectivity index (χ2v) is 6.23. The van der Waals surface area contributed by atoms with Gasteiger partial charge in [0.25, 0.3) is 0 Å². The Bertz CT molecular complexity index is 697. The molecule has 1 saturated carbocycles. The van der Waals surface area contributed by atoms with Crippen LogP contribution in [0, 0.1) is 0 Å². The van der Waals surface area contributed by atoms with E-state index in [0.717, 1.165) is 42.3 Å². The van der Waals surface area contributed by atoms with Crippen molar-refractivity contribution in [3.8, 4) is 11.3 Å². The van der Waals surface area contributed by atoms with Gasteiger partial charge in [0.2, 0.25) is 0 Å². The van der Waals surface area contributed by atoms with Crippen LogP contribution in [0.2, 0.25) is 0 Å². The normalized spacial score (nSPS) is 17.3. The van der Waals surface area contributed by atoms with Gasteiger partial charge in [-0.3, -0.25) is 0 Å². The molecule has 4 rings (SSSR count). The summed E-state index contributed by atoms with van der Waals surface area (Å²) in [6, 6.07) is 7.23. The minimum Gasteiger partial charge on any atom is -0.383 e. The number of nitrogen functional groups attached to an aromatic ring is 1. The number of fused-ring (bicyclic) bond motifs is 1. The molecule has 0 radical (unpaired) electrons. The summed E-state index contributed by atoms with van der Waals surface area (Å²) in [6.07, 6.45) is 4.53. The molecule has 2 aliphatic rings. The molecule has 1 aromatic carbocycles. The van der Waals surface area contributed by atoms with E-state index in [0.29, 0.717) is 6.04 Å². The monoisotopic (exact) mass is 282 g/mol. The maximum Gasteiger partial charge on any atom is 0.131 e. The molecule has 1 aromatic heterocycles. The molecule has 2 aromatic rings. The SMILES string of the molecule is CCc1nc(-c2ccc3c(c2)CCN3C)c(N)n1C1CC1. The van der Waals surface area contributed by atoms with Gasteiger partial charge in [0.05, 0.1) is 0 Å². The molecule has 0 amide bonds. The quantitative estimate of drug-likeness (QED) is 0.941. The van der Waals surface area contributed by atoms with E-state index in [1.807, 2.05) is 0 Å². The Morgan fingerprint density at radius 2 is 2.14 bits per heavy atom. The highest BCUT2D eigenvalue weighted by Gasteiger charge is 2.29. The van der Waals surface area contributed by atoms with Crippen molar-refractivity contribution in [2.24, 2.45) is 0 Å². The summed E-state index contributed by atoms with van der Waals surface area (Å²) < 4.78 is 2.26. The number of aryl methyl sites for hydroxylation is 1. The highest BCUT2D eigenvalue weighted by atomic mass is 15.2. The predicted octanol–water partition coefficient (Wildman–Crippen LogP) is 3.02. The van der Waals surface area contributed by atoms with Gasteiger partial charge in [0.15, 0.2) is 0 Å². The Balaban J connectivity index is 1.80. The average molecular weight is 282 g/mol. The zero-order valence-electron chi connectivity index (χ0n) is 12.8. The number of benzene rings is 1. The van der Waals surface area contributed by atoms with Crippen LogP contribution in [0.5, 0.6) is 0 Å². The number of nitrogens with zero attached hydrogens (tertiary/aromatic N) is 3. The largest absolute Gasteiger partial charge is 0.383 e. The third-order valence-electron chi connectivity index (χ3n) is 4.73. The first-order valence-corrected chi connectivity index (χ1v) is 7.90. The summed E-state index contributed by atoms with van der Waals surface area (Å²) in [6.45, 7) is 3.26. The Morgan fingerprint density at radius 3 is 2.86 bits per heavy atom. The first kappa shape index (κ1) is 12.7. The number of anilines is 2. The number of hydrogen-bond acceptors (Lipinski definition) is 3. The van der Waals surface area contributed by atoms with Crippen LogP contribution < -0.4 is 10.6 Å². The van der Waals surface area contributed by atoms with Crippen molar-refractivity contribution >= 4 is 11.5 Å². The summed E-state index contributed by atoms with van der Waals surface area (Å²) in [4.78, 5) is 7.14. The third-order valence-corrected chi connectivity index (χ3v) is 4.73. The topological polar surface area (TPSA) is 47.1 Å². The average Bonchev–Trinajstić information content (AvgIpc) is 3.18. The van der Waals surface area contributed by atoms with Gasteiger partial charge >= 0.3 is 0 Å². The van der Waals surface area contributed by atoms with E-state index in [4.69, 9.17) is 10.7 Å². The summed E-state index contributed by atoms with van der Waals surface area (Å²) in [7, 11) is 2.15. The molecule has 1 fully saturated rings. The van der Waals surface area contributed by atoms with Crippen LogP contribution >= 0.6 is 0 Å². The van der Waals surface area contributed by atoms with E-state index in [9.17, 15) is 0 Å². The number of hydrogen-bond donors (Lipinski definition) is 1. The van der Waals surface area contributed by atoms with Crippen molar-refractivity contribution in [2.45, 2.75) is 38.6 Å². The first-order chi connectivity index (χ1) is 10.2.